The lowest BCUT2D eigenvalue weighted by Gasteiger charge is -2.15. The second-order valence-electron chi connectivity index (χ2n) is 5.94. The van der Waals surface area contributed by atoms with Crippen molar-refractivity contribution in [1.29, 1.82) is 0 Å². The third-order valence-electron chi connectivity index (χ3n) is 4.20. The Labute approximate surface area is 166 Å². The lowest BCUT2D eigenvalue weighted by molar-refractivity contribution is 0.347. The van der Waals surface area contributed by atoms with Crippen molar-refractivity contribution in [2.24, 2.45) is 4.99 Å². The predicted molar refractivity (Wildman–Crippen MR) is 108 cm³/mol. The van der Waals surface area contributed by atoms with Gasteiger partial charge in [-0.25, -0.2) is 4.99 Å². The van der Waals surface area contributed by atoms with Crippen molar-refractivity contribution in [3.8, 4) is 17.2 Å². The fourth-order valence-electron chi connectivity index (χ4n) is 2.76. The van der Waals surface area contributed by atoms with Crippen LogP contribution in [0.2, 0.25) is 0 Å². The highest BCUT2D eigenvalue weighted by Crippen LogP contribution is 2.34. The van der Waals surface area contributed by atoms with Crippen molar-refractivity contribution in [1.82, 2.24) is 25.4 Å². The van der Waals surface area contributed by atoms with Crippen molar-refractivity contribution < 1.29 is 14.2 Å². The second kappa shape index (κ2) is 11.0. The molecule has 2 rings (SSSR count). The first kappa shape index (κ1) is 21.3. The second-order valence-corrected chi connectivity index (χ2v) is 5.94. The molecule has 0 unspecified atom stereocenters. The van der Waals surface area contributed by atoms with Gasteiger partial charge in [0.1, 0.15) is 17.9 Å². The van der Waals surface area contributed by atoms with Crippen LogP contribution >= 0.6 is 0 Å². The zero-order chi connectivity index (χ0) is 20.4. The first-order valence-electron chi connectivity index (χ1n) is 9.34. The van der Waals surface area contributed by atoms with E-state index in [-0.39, 0.29) is 0 Å². The van der Waals surface area contributed by atoms with Gasteiger partial charge in [-0.2, -0.15) is 0 Å². The SMILES string of the molecule is CCNC(=NCc1cc(OC)c(OC)cc1OC)NCCn1cnnc1CC. The summed E-state index contributed by atoms with van der Waals surface area (Å²) in [6, 6.07) is 3.69. The van der Waals surface area contributed by atoms with Crippen LogP contribution in [0.5, 0.6) is 17.2 Å². The Bertz CT molecular complexity index is 775. The molecule has 1 aromatic carbocycles. The largest absolute Gasteiger partial charge is 0.496 e. The van der Waals surface area contributed by atoms with Crippen LogP contribution in [0.25, 0.3) is 0 Å². The summed E-state index contributed by atoms with van der Waals surface area (Å²) in [6.45, 7) is 6.77. The van der Waals surface area contributed by atoms with Gasteiger partial charge in [0.15, 0.2) is 17.5 Å². The predicted octanol–water partition coefficient (Wildman–Crippen LogP) is 1.62. The summed E-state index contributed by atoms with van der Waals surface area (Å²) in [6.07, 6.45) is 2.60. The molecule has 154 valence electrons. The first-order chi connectivity index (χ1) is 13.7. The maximum atomic E-state index is 5.47. The molecule has 0 radical (unpaired) electrons. The molecule has 1 heterocycles. The molecular formula is C19H30N6O3. The van der Waals surface area contributed by atoms with Crippen molar-refractivity contribution in [2.45, 2.75) is 33.4 Å². The number of nitrogens with one attached hydrogen (secondary N) is 2. The zero-order valence-electron chi connectivity index (χ0n) is 17.3. The number of aliphatic imine (C=N–C) groups is 1. The van der Waals surface area contributed by atoms with Crippen LogP contribution in [0.4, 0.5) is 0 Å². The fraction of sp³-hybridized carbons (Fsp3) is 0.526. The van der Waals surface area contributed by atoms with Crippen LogP contribution in [0.3, 0.4) is 0 Å². The number of aryl methyl sites for hydroxylation is 1. The number of nitrogens with zero attached hydrogens (tertiary/aromatic N) is 4. The molecule has 0 amide bonds. The molecule has 0 aliphatic rings. The summed E-state index contributed by atoms with van der Waals surface area (Å²) in [5.41, 5.74) is 0.907. The van der Waals surface area contributed by atoms with E-state index in [9.17, 15) is 0 Å². The fourth-order valence-corrected chi connectivity index (χ4v) is 2.76. The van der Waals surface area contributed by atoms with E-state index in [1.54, 1.807) is 27.7 Å². The molecule has 0 fully saturated rings. The molecule has 0 saturated heterocycles. The van der Waals surface area contributed by atoms with E-state index in [2.05, 4.69) is 32.7 Å². The number of hydrogen-bond donors (Lipinski definition) is 2. The van der Waals surface area contributed by atoms with E-state index in [1.165, 1.54) is 0 Å². The number of hydrogen-bond acceptors (Lipinski definition) is 6. The Hall–Kier alpha value is -2.97. The first-order valence-corrected chi connectivity index (χ1v) is 9.34. The van der Waals surface area contributed by atoms with Gasteiger partial charge in [0.25, 0.3) is 0 Å². The van der Waals surface area contributed by atoms with E-state index >= 15 is 0 Å². The molecule has 1 aromatic heterocycles. The Balaban J connectivity index is 2.07. The molecule has 2 aromatic rings. The minimum Gasteiger partial charge on any atom is -0.496 e. The highest BCUT2D eigenvalue weighted by atomic mass is 16.5. The number of methoxy groups -OCH3 is 3. The van der Waals surface area contributed by atoms with Gasteiger partial charge in [-0.3, -0.25) is 0 Å². The topological polar surface area (TPSA) is 94.8 Å². The van der Waals surface area contributed by atoms with Gasteiger partial charge in [-0.1, -0.05) is 6.92 Å². The van der Waals surface area contributed by atoms with Crippen LogP contribution in [0.15, 0.2) is 23.5 Å². The monoisotopic (exact) mass is 390 g/mol. The number of benzene rings is 1. The highest BCUT2D eigenvalue weighted by Gasteiger charge is 2.12. The number of rotatable bonds is 10. The number of ether oxygens (including phenoxy) is 3. The molecule has 0 spiro atoms. The van der Waals surface area contributed by atoms with Gasteiger partial charge in [0.2, 0.25) is 0 Å². The Kier molecular flexibility index (Phi) is 8.38. The summed E-state index contributed by atoms with van der Waals surface area (Å²) < 4.78 is 18.2. The van der Waals surface area contributed by atoms with Crippen LogP contribution in [-0.2, 0) is 19.5 Å². The van der Waals surface area contributed by atoms with E-state index in [1.807, 2.05) is 23.6 Å². The summed E-state index contributed by atoms with van der Waals surface area (Å²) in [5.74, 6) is 3.67. The van der Waals surface area contributed by atoms with Gasteiger partial charge in [0, 0.05) is 37.7 Å². The van der Waals surface area contributed by atoms with Gasteiger partial charge >= 0.3 is 0 Å². The maximum Gasteiger partial charge on any atom is 0.191 e. The van der Waals surface area contributed by atoms with Gasteiger partial charge in [-0.15, -0.1) is 10.2 Å². The lowest BCUT2D eigenvalue weighted by Crippen LogP contribution is -2.38. The van der Waals surface area contributed by atoms with Crippen molar-refractivity contribution in [2.75, 3.05) is 34.4 Å². The minimum absolute atomic E-state index is 0.436. The Morgan fingerprint density at radius 2 is 1.75 bits per heavy atom. The molecule has 0 atom stereocenters. The standard InChI is InChI=1S/C19H30N6O3/c1-6-18-24-23-13-25(18)9-8-21-19(20-7-2)22-12-14-10-16(27-4)17(28-5)11-15(14)26-3/h10-11,13H,6-9,12H2,1-5H3,(H2,20,21,22). The molecular weight excluding hydrogens is 360 g/mol. The molecule has 9 nitrogen and oxygen atoms in total. The average molecular weight is 390 g/mol. The Morgan fingerprint density at radius 3 is 2.39 bits per heavy atom. The molecule has 0 saturated carbocycles. The lowest BCUT2D eigenvalue weighted by atomic mass is 10.1. The van der Waals surface area contributed by atoms with Crippen LogP contribution in [0, 0.1) is 0 Å². The Morgan fingerprint density at radius 1 is 1.04 bits per heavy atom. The summed E-state index contributed by atoms with van der Waals surface area (Å²) in [4.78, 5) is 4.66. The van der Waals surface area contributed by atoms with Crippen LogP contribution < -0.4 is 24.8 Å². The number of guanidine groups is 1. The third-order valence-corrected chi connectivity index (χ3v) is 4.20. The van der Waals surface area contributed by atoms with Gasteiger partial charge in [-0.05, 0) is 13.0 Å². The van der Waals surface area contributed by atoms with Crippen molar-refractivity contribution in [3.63, 3.8) is 0 Å². The average Bonchev–Trinajstić information content (AvgIpc) is 3.18. The zero-order valence-corrected chi connectivity index (χ0v) is 17.3. The van der Waals surface area contributed by atoms with E-state index in [4.69, 9.17) is 14.2 Å². The quantitative estimate of drug-likeness (QED) is 0.470. The molecule has 0 bridgehead atoms. The molecule has 2 N–H and O–H groups in total. The maximum absolute atomic E-state index is 5.47. The van der Waals surface area contributed by atoms with Gasteiger partial charge in [0.05, 0.1) is 27.9 Å². The smallest absolute Gasteiger partial charge is 0.191 e. The van der Waals surface area contributed by atoms with Crippen molar-refractivity contribution in [3.05, 3.63) is 29.8 Å². The van der Waals surface area contributed by atoms with E-state index in [0.717, 1.165) is 36.9 Å². The van der Waals surface area contributed by atoms with E-state index in [0.29, 0.717) is 30.3 Å². The summed E-state index contributed by atoms with van der Waals surface area (Å²) in [7, 11) is 4.84. The molecule has 0 aliphatic heterocycles. The van der Waals surface area contributed by atoms with E-state index < -0.39 is 0 Å². The minimum atomic E-state index is 0.436. The third kappa shape index (κ3) is 5.51. The molecule has 28 heavy (non-hydrogen) atoms. The highest BCUT2D eigenvalue weighted by molar-refractivity contribution is 5.79. The molecule has 0 aliphatic carbocycles. The van der Waals surface area contributed by atoms with Crippen molar-refractivity contribution >= 4 is 5.96 Å². The van der Waals surface area contributed by atoms with Crippen LogP contribution in [-0.4, -0.2) is 55.1 Å². The van der Waals surface area contributed by atoms with Crippen LogP contribution in [0.1, 0.15) is 25.2 Å². The summed E-state index contributed by atoms with van der Waals surface area (Å²) >= 11 is 0. The number of aromatic nitrogens is 3. The summed E-state index contributed by atoms with van der Waals surface area (Å²) in [5, 5.41) is 14.6. The normalized spacial score (nSPS) is 11.2. The van der Waals surface area contributed by atoms with Gasteiger partial charge < -0.3 is 29.4 Å². The molecule has 9 heteroatoms.